The van der Waals surface area contributed by atoms with Crippen LogP contribution in [0.25, 0.3) is 0 Å². The van der Waals surface area contributed by atoms with E-state index in [4.69, 9.17) is 0 Å². The molecule has 1 aliphatic heterocycles. The number of hydrogen-bond acceptors (Lipinski definition) is 2. The Labute approximate surface area is 108 Å². The van der Waals surface area contributed by atoms with Crippen molar-refractivity contribution in [2.24, 2.45) is 5.92 Å². The maximum Gasteiger partial charge on any atom is 0.312 e. The third-order valence-electron chi connectivity index (χ3n) is 3.89. The maximum absolute atomic E-state index is 11.4. The molecule has 3 nitrogen and oxygen atoms in total. The molecule has 3 heteroatoms. The SMILES string of the molecule is CCC1CCN(CC(C(=O)O)c2ccccc2)C1. The molecule has 0 amide bonds. The fourth-order valence-electron chi connectivity index (χ4n) is 2.68. The van der Waals surface area contributed by atoms with E-state index in [2.05, 4.69) is 11.8 Å². The largest absolute Gasteiger partial charge is 0.481 e. The lowest BCUT2D eigenvalue weighted by atomic mass is 9.99. The van der Waals surface area contributed by atoms with Crippen LogP contribution in [0.1, 0.15) is 31.2 Å². The Hall–Kier alpha value is -1.35. The Bertz CT molecular complexity index is 391. The average Bonchev–Trinajstić information content (AvgIpc) is 2.84. The number of hydrogen-bond donors (Lipinski definition) is 1. The summed E-state index contributed by atoms with van der Waals surface area (Å²) >= 11 is 0. The lowest BCUT2D eigenvalue weighted by Gasteiger charge is -2.21. The number of aliphatic carboxylic acids is 1. The molecule has 0 radical (unpaired) electrons. The Kier molecular flexibility index (Phi) is 4.37. The van der Waals surface area contributed by atoms with Crippen molar-refractivity contribution >= 4 is 5.97 Å². The molecule has 0 spiro atoms. The van der Waals surface area contributed by atoms with Gasteiger partial charge in [-0.25, -0.2) is 0 Å². The van der Waals surface area contributed by atoms with Crippen LogP contribution in [0.5, 0.6) is 0 Å². The van der Waals surface area contributed by atoms with E-state index < -0.39 is 11.9 Å². The maximum atomic E-state index is 11.4. The molecule has 1 fully saturated rings. The van der Waals surface area contributed by atoms with Crippen molar-refractivity contribution in [3.63, 3.8) is 0 Å². The molecular formula is C15H21NO2. The molecule has 1 aromatic carbocycles. The monoisotopic (exact) mass is 247 g/mol. The number of carbonyl (C=O) groups is 1. The summed E-state index contributed by atoms with van der Waals surface area (Å²) in [6.45, 7) is 4.93. The van der Waals surface area contributed by atoms with Crippen molar-refractivity contribution in [3.8, 4) is 0 Å². The summed E-state index contributed by atoms with van der Waals surface area (Å²) in [5, 5.41) is 9.38. The molecule has 1 saturated heterocycles. The van der Waals surface area contributed by atoms with Gasteiger partial charge in [-0.05, 0) is 24.4 Å². The van der Waals surface area contributed by atoms with Gasteiger partial charge < -0.3 is 10.0 Å². The summed E-state index contributed by atoms with van der Waals surface area (Å²) in [5.74, 6) is -0.377. The number of rotatable bonds is 5. The van der Waals surface area contributed by atoms with Crippen molar-refractivity contribution < 1.29 is 9.90 Å². The lowest BCUT2D eigenvalue weighted by Crippen LogP contribution is -2.30. The zero-order valence-corrected chi connectivity index (χ0v) is 10.9. The highest BCUT2D eigenvalue weighted by Gasteiger charge is 2.27. The minimum atomic E-state index is -0.721. The van der Waals surface area contributed by atoms with Gasteiger partial charge in [-0.1, -0.05) is 43.7 Å². The molecule has 1 aromatic rings. The summed E-state index contributed by atoms with van der Waals surface area (Å²) in [7, 11) is 0. The topological polar surface area (TPSA) is 40.5 Å². The second-order valence-electron chi connectivity index (χ2n) is 5.12. The number of nitrogens with zero attached hydrogens (tertiary/aromatic N) is 1. The van der Waals surface area contributed by atoms with Crippen LogP contribution in [0.4, 0.5) is 0 Å². The fraction of sp³-hybridized carbons (Fsp3) is 0.533. The van der Waals surface area contributed by atoms with Crippen LogP contribution in [0, 0.1) is 5.92 Å². The van der Waals surface area contributed by atoms with E-state index >= 15 is 0 Å². The molecule has 1 heterocycles. The van der Waals surface area contributed by atoms with E-state index in [1.807, 2.05) is 30.3 Å². The first-order valence-corrected chi connectivity index (χ1v) is 6.70. The van der Waals surface area contributed by atoms with Crippen molar-refractivity contribution in [3.05, 3.63) is 35.9 Å². The molecular weight excluding hydrogens is 226 g/mol. The van der Waals surface area contributed by atoms with Gasteiger partial charge in [0.2, 0.25) is 0 Å². The first kappa shape index (κ1) is 13.1. The van der Waals surface area contributed by atoms with E-state index in [0.717, 1.165) is 24.6 Å². The predicted molar refractivity (Wildman–Crippen MR) is 71.7 cm³/mol. The second-order valence-corrected chi connectivity index (χ2v) is 5.12. The Balaban J connectivity index is 2.02. The average molecular weight is 247 g/mol. The van der Waals surface area contributed by atoms with Crippen molar-refractivity contribution in [1.82, 2.24) is 4.90 Å². The van der Waals surface area contributed by atoms with Gasteiger partial charge in [-0.3, -0.25) is 4.79 Å². The normalized spacial score (nSPS) is 21.9. The second kappa shape index (κ2) is 6.01. The van der Waals surface area contributed by atoms with E-state index in [0.29, 0.717) is 6.54 Å². The van der Waals surface area contributed by atoms with Crippen LogP contribution >= 0.6 is 0 Å². The zero-order chi connectivity index (χ0) is 13.0. The van der Waals surface area contributed by atoms with Gasteiger partial charge in [-0.15, -0.1) is 0 Å². The van der Waals surface area contributed by atoms with Crippen LogP contribution in [-0.4, -0.2) is 35.6 Å². The van der Waals surface area contributed by atoms with Gasteiger partial charge in [-0.2, -0.15) is 0 Å². The summed E-state index contributed by atoms with van der Waals surface area (Å²) < 4.78 is 0. The number of benzene rings is 1. The molecule has 1 N–H and O–H groups in total. The smallest absolute Gasteiger partial charge is 0.312 e. The van der Waals surface area contributed by atoms with Crippen LogP contribution in [0.3, 0.4) is 0 Å². The van der Waals surface area contributed by atoms with Crippen molar-refractivity contribution in [1.29, 1.82) is 0 Å². The van der Waals surface area contributed by atoms with Crippen LogP contribution in [0.2, 0.25) is 0 Å². The zero-order valence-electron chi connectivity index (χ0n) is 10.9. The van der Waals surface area contributed by atoms with Crippen LogP contribution in [0.15, 0.2) is 30.3 Å². The first-order chi connectivity index (χ1) is 8.70. The summed E-state index contributed by atoms with van der Waals surface area (Å²) in [5.41, 5.74) is 0.907. The highest BCUT2D eigenvalue weighted by atomic mass is 16.4. The molecule has 2 unspecified atom stereocenters. The van der Waals surface area contributed by atoms with E-state index in [1.54, 1.807) is 0 Å². The van der Waals surface area contributed by atoms with E-state index in [1.165, 1.54) is 12.8 Å². The molecule has 0 aliphatic carbocycles. The minimum absolute atomic E-state index is 0.401. The third kappa shape index (κ3) is 3.10. The van der Waals surface area contributed by atoms with Crippen molar-refractivity contribution in [2.75, 3.05) is 19.6 Å². The Morgan fingerprint density at radius 3 is 2.72 bits per heavy atom. The minimum Gasteiger partial charge on any atom is -0.481 e. The highest BCUT2D eigenvalue weighted by Crippen LogP contribution is 2.23. The van der Waals surface area contributed by atoms with Gasteiger partial charge >= 0.3 is 5.97 Å². The first-order valence-electron chi connectivity index (χ1n) is 6.70. The molecule has 2 rings (SSSR count). The van der Waals surface area contributed by atoms with E-state index in [9.17, 15) is 9.90 Å². The number of carboxylic acid groups (broad SMARTS) is 1. The van der Waals surface area contributed by atoms with Crippen LogP contribution in [-0.2, 0) is 4.79 Å². The molecule has 1 aliphatic rings. The van der Waals surface area contributed by atoms with Gasteiger partial charge in [0.25, 0.3) is 0 Å². The molecule has 98 valence electrons. The van der Waals surface area contributed by atoms with Gasteiger partial charge in [0.1, 0.15) is 0 Å². The summed E-state index contributed by atoms with van der Waals surface area (Å²) in [6.07, 6.45) is 2.40. The standard InChI is InChI=1S/C15H21NO2/c1-2-12-8-9-16(10-12)11-14(15(17)18)13-6-4-3-5-7-13/h3-7,12,14H,2,8-11H2,1H3,(H,17,18). The number of carboxylic acids is 1. The molecule has 0 bridgehead atoms. The Morgan fingerprint density at radius 1 is 1.44 bits per heavy atom. The lowest BCUT2D eigenvalue weighted by molar-refractivity contribution is -0.139. The van der Waals surface area contributed by atoms with Crippen LogP contribution < -0.4 is 0 Å². The quantitative estimate of drug-likeness (QED) is 0.869. The molecule has 18 heavy (non-hydrogen) atoms. The molecule has 2 atom stereocenters. The van der Waals surface area contributed by atoms with Gasteiger partial charge in [0, 0.05) is 13.1 Å². The third-order valence-corrected chi connectivity index (χ3v) is 3.89. The van der Waals surface area contributed by atoms with Gasteiger partial charge in [0.15, 0.2) is 0 Å². The molecule has 0 aromatic heterocycles. The fourth-order valence-corrected chi connectivity index (χ4v) is 2.68. The Morgan fingerprint density at radius 2 is 2.17 bits per heavy atom. The summed E-state index contributed by atoms with van der Waals surface area (Å²) in [4.78, 5) is 13.7. The summed E-state index contributed by atoms with van der Waals surface area (Å²) in [6, 6.07) is 9.55. The highest BCUT2D eigenvalue weighted by molar-refractivity contribution is 5.76. The van der Waals surface area contributed by atoms with E-state index in [-0.39, 0.29) is 0 Å². The van der Waals surface area contributed by atoms with Gasteiger partial charge in [0.05, 0.1) is 5.92 Å². The molecule has 0 saturated carbocycles. The number of likely N-dealkylation sites (tertiary alicyclic amines) is 1. The van der Waals surface area contributed by atoms with Crippen molar-refractivity contribution in [2.45, 2.75) is 25.7 Å². The predicted octanol–water partition coefficient (Wildman–Crippen LogP) is 2.59.